The summed E-state index contributed by atoms with van der Waals surface area (Å²) in [6.45, 7) is 6.40. The highest BCUT2D eigenvalue weighted by Crippen LogP contribution is 2.13. The third-order valence-corrected chi connectivity index (χ3v) is 10.3. The first-order chi connectivity index (χ1) is 30.5. The van der Waals surface area contributed by atoms with Gasteiger partial charge in [0.05, 0.1) is 0 Å². The van der Waals surface area contributed by atoms with Crippen molar-refractivity contribution in [3.63, 3.8) is 0 Å². The van der Waals surface area contributed by atoms with Gasteiger partial charge in [0.15, 0.2) is 6.10 Å². The number of hydrogen-bond acceptors (Lipinski definition) is 6. The van der Waals surface area contributed by atoms with Crippen LogP contribution in [0.4, 0.5) is 0 Å². The number of unbranched alkanes of at least 4 members (excludes halogenated alkanes) is 17. The van der Waals surface area contributed by atoms with Crippen molar-refractivity contribution in [2.75, 3.05) is 13.2 Å². The van der Waals surface area contributed by atoms with Crippen molar-refractivity contribution in [2.24, 2.45) is 0 Å². The molecule has 352 valence electrons. The lowest BCUT2D eigenvalue weighted by Crippen LogP contribution is -2.30. The lowest BCUT2D eigenvalue weighted by molar-refractivity contribution is -0.167. The van der Waals surface area contributed by atoms with Gasteiger partial charge in [-0.3, -0.25) is 14.4 Å². The average Bonchev–Trinajstić information content (AvgIpc) is 3.27. The Bertz CT molecular complexity index is 1260. The maximum Gasteiger partial charge on any atom is 0.306 e. The van der Waals surface area contributed by atoms with Crippen LogP contribution < -0.4 is 0 Å². The van der Waals surface area contributed by atoms with E-state index in [2.05, 4.69) is 118 Å². The average molecular weight is 861 g/mol. The summed E-state index contributed by atoms with van der Waals surface area (Å²) in [5, 5.41) is 0. The lowest BCUT2D eigenvalue weighted by Gasteiger charge is -2.18. The molecule has 0 saturated heterocycles. The van der Waals surface area contributed by atoms with Crippen LogP contribution in [0.5, 0.6) is 0 Å². The van der Waals surface area contributed by atoms with Crippen LogP contribution in [-0.4, -0.2) is 37.2 Å². The number of carbonyl (C=O) groups is 3. The first kappa shape index (κ1) is 58.3. The molecule has 0 spiro atoms. The van der Waals surface area contributed by atoms with Gasteiger partial charge >= 0.3 is 17.9 Å². The van der Waals surface area contributed by atoms with Crippen LogP contribution in [0.1, 0.15) is 220 Å². The third-order valence-electron chi connectivity index (χ3n) is 10.3. The quantitative estimate of drug-likeness (QED) is 0.0263. The molecule has 0 radical (unpaired) electrons. The fourth-order valence-electron chi connectivity index (χ4n) is 6.54. The predicted molar refractivity (Wildman–Crippen MR) is 265 cm³/mol. The van der Waals surface area contributed by atoms with Crippen molar-refractivity contribution in [2.45, 2.75) is 226 Å². The Hall–Kier alpha value is -3.67. The normalized spacial score (nSPS) is 12.9. The molecular weight excluding hydrogens is 769 g/mol. The number of esters is 3. The summed E-state index contributed by atoms with van der Waals surface area (Å²) in [5.41, 5.74) is 0. The van der Waals surface area contributed by atoms with Crippen LogP contribution in [0.2, 0.25) is 0 Å². The van der Waals surface area contributed by atoms with Gasteiger partial charge in [0, 0.05) is 19.3 Å². The number of allylic oxidation sites excluding steroid dienone is 16. The summed E-state index contributed by atoms with van der Waals surface area (Å²) in [6.07, 6.45) is 65.4. The highest BCUT2D eigenvalue weighted by Gasteiger charge is 2.19. The fraction of sp³-hybridized carbons (Fsp3) is 0.661. The van der Waals surface area contributed by atoms with Crippen molar-refractivity contribution in [1.29, 1.82) is 0 Å². The Balaban J connectivity index is 4.55. The summed E-state index contributed by atoms with van der Waals surface area (Å²) < 4.78 is 16.7. The molecule has 0 rings (SSSR count). The molecule has 0 aromatic heterocycles. The Morgan fingerprint density at radius 1 is 0.339 bits per heavy atom. The topological polar surface area (TPSA) is 78.9 Å². The molecule has 0 fully saturated rings. The second-order valence-electron chi connectivity index (χ2n) is 16.3. The van der Waals surface area contributed by atoms with E-state index >= 15 is 0 Å². The minimum Gasteiger partial charge on any atom is -0.462 e. The Morgan fingerprint density at radius 2 is 0.645 bits per heavy atom. The van der Waals surface area contributed by atoms with Crippen LogP contribution in [-0.2, 0) is 28.6 Å². The first-order valence-corrected chi connectivity index (χ1v) is 25.2. The van der Waals surface area contributed by atoms with E-state index in [4.69, 9.17) is 14.2 Å². The molecule has 0 amide bonds. The van der Waals surface area contributed by atoms with Gasteiger partial charge in [-0.2, -0.15) is 0 Å². The molecule has 0 aromatic rings. The van der Waals surface area contributed by atoms with E-state index in [1.807, 2.05) is 0 Å². The van der Waals surface area contributed by atoms with Crippen molar-refractivity contribution >= 4 is 17.9 Å². The minimum atomic E-state index is -0.821. The number of carbonyl (C=O) groups excluding carboxylic acids is 3. The Morgan fingerprint density at radius 3 is 1.06 bits per heavy atom. The second-order valence-corrected chi connectivity index (χ2v) is 16.3. The van der Waals surface area contributed by atoms with Gasteiger partial charge in [-0.25, -0.2) is 0 Å². The molecule has 62 heavy (non-hydrogen) atoms. The molecule has 0 aliphatic carbocycles. The van der Waals surface area contributed by atoms with Crippen LogP contribution in [0.15, 0.2) is 97.2 Å². The van der Waals surface area contributed by atoms with Gasteiger partial charge in [0.1, 0.15) is 13.2 Å². The van der Waals surface area contributed by atoms with Crippen LogP contribution in [0, 0.1) is 0 Å². The highest BCUT2D eigenvalue weighted by molar-refractivity contribution is 5.71. The van der Waals surface area contributed by atoms with E-state index in [1.54, 1.807) is 0 Å². The van der Waals surface area contributed by atoms with Gasteiger partial charge < -0.3 is 14.2 Å². The summed E-state index contributed by atoms with van der Waals surface area (Å²) in [7, 11) is 0. The van der Waals surface area contributed by atoms with Crippen molar-refractivity contribution in [3.8, 4) is 0 Å². The summed E-state index contributed by atoms with van der Waals surface area (Å²) in [6, 6.07) is 0. The van der Waals surface area contributed by atoms with Crippen molar-refractivity contribution < 1.29 is 28.6 Å². The molecule has 6 heteroatoms. The van der Waals surface area contributed by atoms with Gasteiger partial charge in [0.2, 0.25) is 0 Å². The largest absolute Gasteiger partial charge is 0.462 e. The maximum absolute atomic E-state index is 12.8. The highest BCUT2D eigenvalue weighted by atomic mass is 16.6. The fourth-order valence-corrected chi connectivity index (χ4v) is 6.54. The summed E-state index contributed by atoms with van der Waals surface area (Å²) in [5.74, 6) is -1.01. The zero-order valence-electron chi connectivity index (χ0n) is 40.1. The molecule has 0 heterocycles. The first-order valence-electron chi connectivity index (χ1n) is 25.2. The Labute approximate surface area is 381 Å². The molecular formula is C56H92O6. The monoisotopic (exact) mass is 861 g/mol. The predicted octanol–water partition coefficient (Wildman–Crippen LogP) is 16.6. The molecule has 0 bridgehead atoms. The summed E-state index contributed by atoms with van der Waals surface area (Å²) >= 11 is 0. The van der Waals surface area contributed by atoms with E-state index in [-0.39, 0.29) is 37.5 Å². The van der Waals surface area contributed by atoms with E-state index < -0.39 is 6.10 Å². The lowest BCUT2D eigenvalue weighted by atomic mass is 10.0. The van der Waals surface area contributed by atoms with Gasteiger partial charge in [-0.15, -0.1) is 0 Å². The molecule has 0 unspecified atom stereocenters. The molecule has 6 nitrogen and oxygen atoms in total. The molecule has 0 aromatic carbocycles. The number of hydrogen-bond donors (Lipinski definition) is 0. The maximum atomic E-state index is 12.8. The zero-order chi connectivity index (χ0) is 45.1. The van der Waals surface area contributed by atoms with E-state index in [0.717, 1.165) is 89.9 Å². The molecule has 0 aliphatic heterocycles. The van der Waals surface area contributed by atoms with Gasteiger partial charge in [-0.05, 0) is 96.3 Å². The minimum absolute atomic E-state index is 0.112. The third kappa shape index (κ3) is 47.4. The summed E-state index contributed by atoms with van der Waals surface area (Å²) in [4.78, 5) is 37.9. The van der Waals surface area contributed by atoms with Crippen LogP contribution in [0.3, 0.4) is 0 Å². The molecule has 0 aliphatic rings. The smallest absolute Gasteiger partial charge is 0.306 e. The molecule has 0 saturated carbocycles. The van der Waals surface area contributed by atoms with Gasteiger partial charge in [-0.1, -0.05) is 201 Å². The Kier molecular flexibility index (Phi) is 47.0. The standard InChI is InChI=1S/C56H92O6/c1-4-7-10-13-16-19-22-25-27-28-30-32-35-38-41-44-47-50-56(59)62-53(51-60-54(57)48-45-42-39-36-33-24-21-18-15-12-9-6-3)52-61-55(58)49-46-43-40-37-34-31-29-26-23-20-17-14-11-8-5-2/h7,10,16-17,19-20,25-27,29-30,32,34,37-38,41,53H,4-6,8-9,11-15,18,21-24,28,31,33,35-36,39-40,42-52H2,1-3H3/b10-7-,19-16-,20-17-,27-25-,29-26-,32-30-,37-34-,41-38-/t53-/m0/s1. The van der Waals surface area contributed by atoms with Crippen molar-refractivity contribution in [3.05, 3.63) is 97.2 Å². The van der Waals surface area contributed by atoms with Crippen LogP contribution >= 0.6 is 0 Å². The molecule has 0 N–H and O–H groups in total. The number of ether oxygens (including phenoxy) is 3. The second kappa shape index (κ2) is 50.0. The van der Waals surface area contributed by atoms with Crippen LogP contribution in [0.25, 0.3) is 0 Å². The van der Waals surface area contributed by atoms with E-state index in [9.17, 15) is 14.4 Å². The van der Waals surface area contributed by atoms with E-state index in [0.29, 0.717) is 19.3 Å². The SMILES string of the molecule is CC/C=C\C/C=C\C/C=C\C/C=C\C/C=C\CCCC(=O)O[C@H](COC(=O)CCCC/C=C\C/C=C\C/C=C\CCCCC)COC(=O)CCCCCCCCCCCCCC. The van der Waals surface area contributed by atoms with Crippen molar-refractivity contribution in [1.82, 2.24) is 0 Å². The number of rotatable bonds is 44. The van der Waals surface area contributed by atoms with E-state index in [1.165, 1.54) is 83.5 Å². The molecule has 1 atom stereocenters. The zero-order valence-corrected chi connectivity index (χ0v) is 40.1. The van der Waals surface area contributed by atoms with Gasteiger partial charge in [0.25, 0.3) is 0 Å².